The van der Waals surface area contributed by atoms with E-state index < -0.39 is 0 Å². The van der Waals surface area contributed by atoms with Crippen molar-refractivity contribution in [1.29, 1.82) is 0 Å². The van der Waals surface area contributed by atoms with E-state index in [1.54, 1.807) is 0 Å². The van der Waals surface area contributed by atoms with Crippen molar-refractivity contribution in [3.63, 3.8) is 0 Å². The maximum Gasteiger partial charge on any atom is 0.171 e. The molecule has 1 aliphatic heterocycles. The van der Waals surface area contributed by atoms with E-state index in [1.165, 1.54) is 12.8 Å². The Morgan fingerprint density at radius 2 is 2.19 bits per heavy atom. The summed E-state index contributed by atoms with van der Waals surface area (Å²) in [6.45, 7) is 5.49. The smallest absolute Gasteiger partial charge is 0.171 e. The molecular formula is C16H22N4O. The highest BCUT2D eigenvalue weighted by Crippen LogP contribution is 2.23. The zero-order chi connectivity index (χ0) is 14.8. The van der Waals surface area contributed by atoms with Gasteiger partial charge < -0.3 is 15.0 Å². The molecule has 0 fully saturated rings. The zero-order valence-corrected chi connectivity index (χ0v) is 12.7. The highest BCUT2D eigenvalue weighted by Gasteiger charge is 2.16. The Kier molecular flexibility index (Phi) is 3.92. The van der Waals surface area contributed by atoms with Crippen molar-refractivity contribution >= 4 is 0 Å². The first-order valence-electron chi connectivity index (χ1n) is 7.55. The Morgan fingerprint density at radius 3 is 2.95 bits per heavy atom. The average molecular weight is 286 g/mol. The molecule has 112 valence electrons. The first-order valence-corrected chi connectivity index (χ1v) is 7.55. The third kappa shape index (κ3) is 2.93. The highest BCUT2D eigenvalue weighted by atomic mass is 16.5. The molecule has 21 heavy (non-hydrogen) atoms. The summed E-state index contributed by atoms with van der Waals surface area (Å²) in [6, 6.07) is 6.13. The van der Waals surface area contributed by atoms with Gasteiger partial charge in [0.05, 0.1) is 0 Å². The Hall–Kier alpha value is -1.88. The minimum Gasteiger partial charge on any atom is -0.485 e. The predicted molar refractivity (Wildman–Crippen MR) is 81.1 cm³/mol. The van der Waals surface area contributed by atoms with Crippen molar-refractivity contribution in [3.8, 4) is 5.75 Å². The first kappa shape index (κ1) is 14.1. The fourth-order valence-corrected chi connectivity index (χ4v) is 2.74. The Morgan fingerprint density at radius 1 is 1.33 bits per heavy atom. The second-order valence-electron chi connectivity index (χ2n) is 5.74. The van der Waals surface area contributed by atoms with Gasteiger partial charge in [-0.25, -0.2) is 0 Å². The number of aromatic nitrogens is 3. The van der Waals surface area contributed by atoms with E-state index in [0.29, 0.717) is 6.61 Å². The Bertz CT molecular complexity index is 633. The van der Waals surface area contributed by atoms with Crippen molar-refractivity contribution in [1.82, 2.24) is 14.8 Å². The third-order valence-corrected chi connectivity index (χ3v) is 4.02. The molecule has 1 aromatic heterocycles. The molecule has 2 N–H and O–H groups in total. The lowest BCUT2D eigenvalue weighted by atomic mass is 10.1. The number of hydrogen-bond acceptors (Lipinski definition) is 4. The topological polar surface area (TPSA) is 66.0 Å². The number of nitrogens with zero attached hydrogens (tertiary/aromatic N) is 3. The second kappa shape index (κ2) is 5.85. The lowest BCUT2D eigenvalue weighted by molar-refractivity contribution is 0.284. The van der Waals surface area contributed by atoms with Crippen LogP contribution in [0.5, 0.6) is 5.75 Å². The number of nitrogens with two attached hydrogens (primary N) is 1. The normalized spacial score (nSPS) is 15.6. The van der Waals surface area contributed by atoms with Crippen LogP contribution in [-0.2, 0) is 19.6 Å². The number of benzene rings is 1. The summed E-state index contributed by atoms with van der Waals surface area (Å²) in [7, 11) is 0. The number of fused-ring (bicyclic) bond motifs is 1. The van der Waals surface area contributed by atoms with E-state index in [9.17, 15) is 0 Å². The van der Waals surface area contributed by atoms with Gasteiger partial charge in [-0.2, -0.15) is 0 Å². The molecule has 0 spiro atoms. The molecule has 1 aliphatic rings. The van der Waals surface area contributed by atoms with Gasteiger partial charge in [-0.15, -0.1) is 10.2 Å². The van der Waals surface area contributed by atoms with Crippen molar-refractivity contribution in [2.24, 2.45) is 5.73 Å². The van der Waals surface area contributed by atoms with Crippen LogP contribution in [0.15, 0.2) is 18.2 Å². The average Bonchev–Trinajstić information content (AvgIpc) is 2.89. The van der Waals surface area contributed by atoms with E-state index in [2.05, 4.69) is 20.8 Å². The van der Waals surface area contributed by atoms with Crippen LogP contribution in [0.25, 0.3) is 0 Å². The summed E-state index contributed by atoms with van der Waals surface area (Å²) >= 11 is 0. The number of aryl methyl sites for hydroxylation is 2. The van der Waals surface area contributed by atoms with Crippen LogP contribution in [-0.4, -0.2) is 14.8 Å². The quantitative estimate of drug-likeness (QED) is 0.938. The minimum absolute atomic E-state index is 0.0428. The maximum absolute atomic E-state index is 5.92. The minimum atomic E-state index is 0.0428. The molecule has 2 aromatic rings. The summed E-state index contributed by atoms with van der Waals surface area (Å²) in [5.74, 6) is 2.89. The summed E-state index contributed by atoms with van der Waals surface area (Å²) in [5.41, 5.74) is 8.12. The van der Waals surface area contributed by atoms with Gasteiger partial charge in [-0.3, -0.25) is 0 Å². The standard InChI is InChI=1S/C16H22N4O/c1-11-9-13(12(2)17)6-7-14(11)21-10-16-19-18-15-5-3-4-8-20(15)16/h6-7,9,12H,3-5,8,10,17H2,1-2H3/t12-/m0/s1. The molecular weight excluding hydrogens is 264 g/mol. The summed E-state index contributed by atoms with van der Waals surface area (Å²) in [5, 5.41) is 8.50. The summed E-state index contributed by atoms with van der Waals surface area (Å²) in [6.07, 6.45) is 3.42. The molecule has 0 saturated heterocycles. The van der Waals surface area contributed by atoms with Gasteiger partial charge in [0, 0.05) is 19.0 Å². The van der Waals surface area contributed by atoms with Crippen LogP contribution in [0.2, 0.25) is 0 Å². The van der Waals surface area contributed by atoms with Crippen molar-refractivity contribution in [2.45, 2.75) is 52.3 Å². The molecule has 0 bridgehead atoms. The molecule has 3 rings (SSSR count). The van der Waals surface area contributed by atoms with E-state index >= 15 is 0 Å². The van der Waals surface area contributed by atoms with Gasteiger partial charge in [0.15, 0.2) is 5.82 Å². The Labute approximate surface area is 125 Å². The van der Waals surface area contributed by atoms with Gasteiger partial charge in [0.2, 0.25) is 0 Å². The van der Waals surface area contributed by atoms with Crippen LogP contribution >= 0.6 is 0 Å². The van der Waals surface area contributed by atoms with Gasteiger partial charge in [-0.05, 0) is 43.9 Å². The number of rotatable bonds is 4. The fourth-order valence-electron chi connectivity index (χ4n) is 2.74. The molecule has 0 amide bonds. The molecule has 2 heterocycles. The molecule has 0 unspecified atom stereocenters. The molecule has 0 saturated carbocycles. The van der Waals surface area contributed by atoms with Gasteiger partial charge in [0.25, 0.3) is 0 Å². The number of ether oxygens (including phenoxy) is 1. The molecule has 5 nitrogen and oxygen atoms in total. The maximum atomic E-state index is 5.92. The third-order valence-electron chi connectivity index (χ3n) is 4.02. The van der Waals surface area contributed by atoms with Crippen LogP contribution in [0, 0.1) is 6.92 Å². The van der Waals surface area contributed by atoms with Crippen LogP contribution < -0.4 is 10.5 Å². The van der Waals surface area contributed by atoms with Crippen molar-refractivity contribution in [3.05, 3.63) is 41.0 Å². The SMILES string of the molecule is Cc1cc([C@H](C)N)ccc1OCc1nnc2n1CCCC2. The molecule has 0 aliphatic carbocycles. The van der Waals surface area contributed by atoms with E-state index in [0.717, 1.165) is 41.5 Å². The van der Waals surface area contributed by atoms with Crippen molar-refractivity contribution < 1.29 is 4.74 Å². The van der Waals surface area contributed by atoms with E-state index in [-0.39, 0.29) is 6.04 Å². The molecule has 0 radical (unpaired) electrons. The lowest BCUT2D eigenvalue weighted by Gasteiger charge is -2.16. The monoisotopic (exact) mass is 286 g/mol. The summed E-state index contributed by atoms with van der Waals surface area (Å²) < 4.78 is 8.11. The van der Waals surface area contributed by atoms with Crippen LogP contribution in [0.1, 0.15) is 48.6 Å². The van der Waals surface area contributed by atoms with Gasteiger partial charge in [0.1, 0.15) is 18.2 Å². The Balaban J connectivity index is 1.72. The van der Waals surface area contributed by atoms with E-state index in [4.69, 9.17) is 10.5 Å². The van der Waals surface area contributed by atoms with Gasteiger partial charge >= 0.3 is 0 Å². The van der Waals surface area contributed by atoms with E-state index in [1.807, 2.05) is 26.0 Å². The lowest BCUT2D eigenvalue weighted by Crippen LogP contribution is -2.14. The molecule has 1 atom stereocenters. The largest absolute Gasteiger partial charge is 0.485 e. The van der Waals surface area contributed by atoms with Gasteiger partial charge in [-0.1, -0.05) is 12.1 Å². The van der Waals surface area contributed by atoms with Crippen molar-refractivity contribution in [2.75, 3.05) is 0 Å². The van der Waals surface area contributed by atoms with Crippen LogP contribution in [0.4, 0.5) is 0 Å². The molecule has 5 heteroatoms. The summed E-state index contributed by atoms with van der Waals surface area (Å²) in [4.78, 5) is 0. The predicted octanol–water partition coefficient (Wildman–Crippen LogP) is 2.52. The number of hydrogen-bond donors (Lipinski definition) is 1. The highest BCUT2D eigenvalue weighted by molar-refractivity contribution is 5.37. The fraction of sp³-hybridized carbons (Fsp3) is 0.500. The van der Waals surface area contributed by atoms with Crippen LogP contribution in [0.3, 0.4) is 0 Å². The molecule has 1 aromatic carbocycles. The zero-order valence-electron chi connectivity index (χ0n) is 12.7. The second-order valence-corrected chi connectivity index (χ2v) is 5.74. The first-order chi connectivity index (χ1) is 10.1.